The number of benzene rings is 1. The van der Waals surface area contributed by atoms with E-state index in [-0.39, 0.29) is 34.7 Å². The monoisotopic (exact) mass is 327 g/mol. The Hall–Kier alpha value is -0.370. The van der Waals surface area contributed by atoms with Gasteiger partial charge in [-0.3, -0.25) is 0 Å². The van der Waals surface area contributed by atoms with Crippen molar-refractivity contribution >= 4 is 33.2 Å². The molecule has 19 heavy (non-hydrogen) atoms. The summed E-state index contributed by atoms with van der Waals surface area (Å²) < 4.78 is 31.4. The van der Waals surface area contributed by atoms with Gasteiger partial charge in [0.2, 0.25) is 10.0 Å². The molecule has 0 atom stereocenters. The third-order valence-corrected chi connectivity index (χ3v) is 4.60. The summed E-state index contributed by atoms with van der Waals surface area (Å²) >= 11 is 11.7. The molecular formula is C11H15Cl2NO4S. The average molecular weight is 328 g/mol. The highest BCUT2D eigenvalue weighted by Crippen LogP contribution is 2.28. The number of ether oxygens (including phenoxy) is 1. The van der Waals surface area contributed by atoms with Crippen LogP contribution in [0.4, 0.5) is 0 Å². The Bertz CT molecular complexity index is 487. The minimum atomic E-state index is -3.73. The van der Waals surface area contributed by atoms with Crippen molar-refractivity contribution in [2.75, 3.05) is 26.4 Å². The summed E-state index contributed by atoms with van der Waals surface area (Å²) in [5, 5.41) is 8.66. The molecule has 0 bridgehead atoms. The normalized spacial score (nSPS) is 11.7. The summed E-state index contributed by atoms with van der Waals surface area (Å²) in [6, 6.07) is 4.51. The van der Waals surface area contributed by atoms with Gasteiger partial charge in [-0.15, -0.1) is 0 Å². The van der Waals surface area contributed by atoms with Gasteiger partial charge in [0.1, 0.15) is 4.90 Å². The zero-order chi connectivity index (χ0) is 14.3. The summed E-state index contributed by atoms with van der Waals surface area (Å²) in [6.07, 6.45) is 0.487. The zero-order valence-electron chi connectivity index (χ0n) is 10.1. The van der Waals surface area contributed by atoms with Gasteiger partial charge < -0.3 is 9.84 Å². The van der Waals surface area contributed by atoms with Gasteiger partial charge in [-0.1, -0.05) is 29.3 Å². The van der Waals surface area contributed by atoms with Crippen LogP contribution in [-0.2, 0) is 14.8 Å². The maximum atomic E-state index is 12.0. The lowest BCUT2D eigenvalue weighted by Gasteiger charge is -2.09. The molecule has 0 aliphatic heterocycles. The van der Waals surface area contributed by atoms with E-state index in [4.69, 9.17) is 33.0 Å². The molecule has 0 aliphatic carbocycles. The number of rotatable bonds is 8. The third kappa shape index (κ3) is 5.25. The molecule has 0 amide bonds. The Kier molecular flexibility index (Phi) is 7.06. The highest BCUT2D eigenvalue weighted by molar-refractivity contribution is 7.89. The number of nitrogens with one attached hydrogen (secondary N) is 1. The van der Waals surface area contributed by atoms with E-state index in [1.807, 2.05) is 0 Å². The molecule has 5 nitrogen and oxygen atoms in total. The fourth-order valence-corrected chi connectivity index (χ4v) is 3.57. The first kappa shape index (κ1) is 16.7. The van der Waals surface area contributed by atoms with Crippen LogP contribution >= 0.6 is 23.2 Å². The van der Waals surface area contributed by atoms with Gasteiger partial charge in [-0.2, -0.15) is 0 Å². The summed E-state index contributed by atoms with van der Waals surface area (Å²) in [5.41, 5.74) is 0. The maximum absolute atomic E-state index is 12.0. The summed E-state index contributed by atoms with van der Waals surface area (Å²) in [7, 11) is -3.73. The molecular weight excluding hydrogens is 313 g/mol. The Balaban J connectivity index is 2.57. The Morgan fingerprint density at radius 1 is 1.21 bits per heavy atom. The lowest BCUT2D eigenvalue weighted by Crippen LogP contribution is -2.26. The van der Waals surface area contributed by atoms with E-state index < -0.39 is 10.0 Å². The molecule has 8 heteroatoms. The van der Waals surface area contributed by atoms with Gasteiger partial charge in [-0.25, -0.2) is 13.1 Å². The Morgan fingerprint density at radius 3 is 2.42 bits per heavy atom. The SMILES string of the molecule is O=S(=O)(NCCCOCCO)c1c(Cl)cccc1Cl. The molecule has 1 aromatic rings. The second-order valence-electron chi connectivity index (χ2n) is 3.64. The molecule has 0 aliphatic rings. The second-order valence-corrected chi connectivity index (χ2v) is 6.16. The van der Waals surface area contributed by atoms with Crippen molar-refractivity contribution in [2.24, 2.45) is 0 Å². The number of sulfonamides is 1. The number of hydrogen-bond donors (Lipinski definition) is 2. The Labute approximate surface area is 122 Å². The van der Waals surface area contributed by atoms with Crippen molar-refractivity contribution in [1.29, 1.82) is 0 Å². The number of aliphatic hydroxyl groups excluding tert-OH is 1. The molecule has 0 spiro atoms. The van der Waals surface area contributed by atoms with Crippen LogP contribution in [0.15, 0.2) is 23.1 Å². The van der Waals surface area contributed by atoms with Crippen LogP contribution in [-0.4, -0.2) is 39.9 Å². The largest absolute Gasteiger partial charge is 0.394 e. The highest BCUT2D eigenvalue weighted by Gasteiger charge is 2.20. The molecule has 0 saturated heterocycles. The van der Waals surface area contributed by atoms with Crippen LogP contribution in [0.25, 0.3) is 0 Å². The average Bonchev–Trinajstić information content (AvgIpc) is 2.33. The van der Waals surface area contributed by atoms with Crippen LogP contribution in [0.5, 0.6) is 0 Å². The number of halogens is 2. The standard InChI is InChI=1S/C11H15Cl2NO4S/c12-9-3-1-4-10(13)11(9)19(16,17)14-5-2-7-18-8-6-15/h1,3-4,14-15H,2,5-8H2. The smallest absolute Gasteiger partial charge is 0.243 e. The Morgan fingerprint density at radius 2 is 1.84 bits per heavy atom. The minimum Gasteiger partial charge on any atom is -0.394 e. The van der Waals surface area contributed by atoms with Crippen molar-refractivity contribution in [3.05, 3.63) is 28.2 Å². The molecule has 0 unspecified atom stereocenters. The molecule has 1 rings (SSSR count). The van der Waals surface area contributed by atoms with Gasteiger partial charge in [0.15, 0.2) is 0 Å². The summed E-state index contributed by atoms with van der Waals surface area (Å²) in [6.45, 7) is 0.749. The van der Waals surface area contributed by atoms with E-state index >= 15 is 0 Å². The van der Waals surface area contributed by atoms with E-state index in [0.29, 0.717) is 13.0 Å². The van der Waals surface area contributed by atoms with E-state index in [1.54, 1.807) is 6.07 Å². The third-order valence-electron chi connectivity index (χ3n) is 2.18. The maximum Gasteiger partial charge on any atom is 0.243 e. The van der Waals surface area contributed by atoms with E-state index in [9.17, 15) is 8.42 Å². The van der Waals surface area contributed by atoms with Crippen molar-refractivity contribution in [3.8, 4) is 0 Å². The lowest BCUT2D eigenvalue weighted by molar-refractivity contribution is 0.0913. The fourth-order valence-electron chi connectivity index (χ4n) is 1.36. The molecule has 0 radical (unpaired) electrons. The van der Waals surface area contributed by atoms with Crippen molar-refractivity contribution < 1.29 is 18.3 Å². The number of aliphatic hydroxyl groups is 1. The van der Waals surface area contributed by atoms with Gasteiger partial charge in [0, 0.05) is 13.2 Å². The first-order valence-corrected chi connectivity index (χ1v) is 7.85. The van der Waals surface area contributed by atoms with Crippen molar-refractivity contribution in [2.45, 2.75) is 11.3 Å². The molecule has 0 aromatic heterocycles. The lowest BCUT2D eigenvalue weighted by atomic mass is 10.4. The highest BCUT2D eigenvalue weighted by atomic mass is 35.5. The quantitative estimate of drug-likeness (QED) is 0.712. The van der Waals surface area contributed by atoms with Gasteiger partial charge >= 0.3 is 0 Å². The van der Waals surface area contributed by atoms with Crippen molar-refractivity contribution in [3.63, 3.8) is 0 Å². The first-order valence-electron chi connectivity index (χ1n) is 5.61. The van der Waals surface area contributed by atoms with Gasteiger partial charge in [0.05, 0.1) is 23.3 Å². The summed E-state index contributed by atoms with van der Waals surface area (Å²) in [4.78, 5) is -0.116. The van der Waals surface area contributed by atoms with Crippen LogP contribution in [0.3, 0.4) is 0 Å². The summed E-state index contributed by atoms with van der Waals surface area (Å²) in [5.74, 6) is 0. The minimum absolute atomic E-state index is 0.0546. The van der Waals surface area contributed by atoms with Gasteiger partial charge in [0.25, 0.3) is 0 Å². The van der Waals surface area contributed by atoms with E-state index in [0.717, 1.165) is 0 Å². The van der Waals surface area contributed by atoms with Crippen LogP contribution in [0.1, 0.15) is 6.42 Å². The molecule has 1 aromatic carbocycles. The fraction of sp³-hybridized carbons (Fsp3) is 0.455. The van der Waals surface area contributed by atoms with Crippen LogP contribution < -0.4 is 4.72 Å². The van der Waals surface area contributed by atoms with Crippen LogP contribution in [0.2, 0.25) is 10.0 Å². The van der Waals surface area contributed by atoms with Gasteiger partial charge in [-0.05, 0) is 18.6 Å². The second kappa shape index (κ2) is 8.04. The predicted octanol–water partition coefficient (Wildman–Crippen LogP) is 1.67. The van der Waals surface area contributed by atoms with E-state index in [2.05, 4.69) is 4.72 Å². The number of hydrogen-bond acceptors (Lipinski definition) is 4. The zero-order valence-corrected chi connectivity index (χ0v) is 12.4. The van der Waals surface area contributed by atoms with Crippen molar-refractivity contribution in [1.82, 2.24) is 4.72 Å². The molecule has 0 saturated carbocycles. The van der Waals surface area contributed by atoms with Crippen LogP contribution in [0, 0.1) is 0 Å². The molecule has 108 valence electrons. The molecule has 0 heterocycles. The predicted molar refractivity (Wildman–Crippen MR) is 74.2 cm³/mol. The first-order chi connectivity index (χ1) is 8.99. The molecule has 0 fully saturated rings. The van der Waals surface area contributed by atoms with E-state index in [1.165, 1.54) is 12.1 Å². The topological polar surface area (TPSA) is 75.6 Å². The molecule has 2 N–H and O–H groups in total.